The van der Waals surface area contributed by atoms with Crippen LogP contribution in [-0.4, -0.2) is 15.6 Å². The van der Waals surface area contributed by atoms with Gasteiger partial charge in [-0.05, 0) is 35.6 Å². The zero-order valence-electron chi connectivity index (χ0n) is 13.9. The zero-order valence-corrected chi connectivity index (χ0v) is 15.4. The van der Waals surface area contributed by atoms with Gasteiger partial charge in [0.25, 0.3) is 6.43 Å². The first kappa shape index (κ1) is 17.5. The predicted octanol–water partition coefficient (Wildman–Crippen LogP) is 5.06. The van der Waals surface area contributed by atoms with Crippen LogP contribution < -0.4 is 5.73 Å². The van der Waals surface area contributed by atoms with Crippen molar-refractivity contribution in [2.24, 2.45) is 17.8 Å². The van der Waals surface area contributed by atoms with Gasteiger partial charge in [-0.15, -0.1) is 0 Å². The van der Waals surface area contributed by atoms with E-state index in [2.05, 4.69) is 10.1 Å². The third-order valence-electron chi connectivity index (χ3n) is 5.13. The van der Waals surface area contributed by atoms with Gasteiger partial charge in [-0.25, -0.2) is 13.8 Å². The summed E-state index contributed by atoms with van der Waals surface area (Å²) in [5.74, 6) is 0.328. The molecule has 2 atom stereocenters. The highest BCUT2D eigenvalue weighted by molar-refractivity contribution is 6.56. The molecule has 0 saturated heterocycles. The number of hydrogen-bond donors (Lipinski definition) is 1. The van der Waals surface area contributed by atoms with Gasteiger partial charge in [-0.1, -0.05) is 35.3 Å². The molecule has 2 N–H and O–H groups in total. The Balaban J connectivity index is 1.81. The largest absolute Gasteiger partial charge is 0.383 e. The highest BCUT2D eigenvalue weighted by Crippen LogP contribution is 2.60. The van der Waals surface area contributed by atoms with Crippen LogP contribution >= 0.6 is 23.2 Å². The number of aliphatic imine (C=N–C) groups is 1. The maximum atomic E-state index is 13.2. The summed E-state index contributed by atoms with van der Waals surface area (Å²) in [5.41, 5.74) is 9.73. The molecule has 2 aromatic rings. The predicted molar refractivity (Wildman–Crippen MR) is 98.4 cm³/mol. The Labute approximate surface area is 159 Å². The maximum Gasteiger partial charge on any atom is 0.282 e. The van der Waals surface area contributed by atoms with Crippen molar-refractivity contribution >= 4 is 34.7 Å². The van der Waals surface area contributed by atoms with Crippen molar-refractivity contribution in [1.29, 1.82) is 0 Å². The van der Waals surface area contributed by atoms with E-state index in [1.165, 1.54) is 10.9 Å². The molecule has 4 nitrogen and oxygen atoms in total. The number of rotatable bonds is 3. The lowest BCUT2D eigenvalue weighted by Crippen LogP contribution is -2.15. The van der Waals surface area contributed by atoms with E-state index in [0.29, 0.717) is 10.2 Å². The number of nitrogens with zero attached hydrogens (tertiary/aromatic N) is 3. The van der Waals surface area contributed by atoms with Crippen molar-refractivity contribution in [3.8, 4) is 0 Å². The standard InChI is InChI=1S/C18H16Cl2F2N4/c1-26-7-11(15(25-26)17(21)22)18(23)24-12-4-2-3-8-9-5-6-10(13(8)12)14(9)16(19)20/h2-4,7,9-10,17H,5-6H2,1H3,(H2,23,24)/t9-,10+/m0/s1. The van der Waals surface area contributed by atoms with Crippen LogP contribution in [0.25, 0.3) is 0 Å². The van der Waals surface area contributed by atoms with E-state index in [-0.39, 0.29) is 28.9 Å². The number of amidine groups is 1. The molecule has 2 aliphatic rings. The van der Waals surface area contributed by atoms with Crippen LogP contribution in [0.15, 0.2) is 39.5 Å². The van der Waals surface area contributed by atoms with E-state index in [1.807, 2.05) is 18.2 Å². The van der Waals surface area contributed by atoms with Crippen LogP contribution in [0.2, 0.25) is 0 Å². The molecule has 1 fully saturated rings. The van der Waals surface area contributed by atoms with Gasteiger partial charge in [0.2, 0.25) is 0 Å². The van der Waals surface area contributed by atoms with Crippen LogP contribution in [0.1, 0.15) is 53.5 Å². The van der Waals surface area contributed by atoms with Crippen LogP contribution in [-0.2, 0) is 7.05 Å². The van der Waals surface area contributed by atoms with Gasteiger partial charge in [-0.2, -0.15) is 5.10 Å². The molecular formula is C18H16Cl2F2N4. The average Bonchev–Trinajstić information content (AvgIpc) is 3.26. The Morgan fingerprint density at radius 3 is 2.73 bits per heavy atom. The summed E-state index contributed by atoms with van der Waals surface area (Å²) < 4.78 is 28.0. The summed E-state index contributed by atoms with van der Waals surface area (Å²) in [5, 5.41) is 3.78. The van der Waals surface area contributed by atoms with Crippen LogP contribution in [0.3, 0.4) is 0 Å². The van der Waals surface area contributed by atoms with Crippen LogP contribution in [0.5, 0.6) is 0 Å². The molecule has 1 aromatic heterocycles. The normalized spacial score (nSPS) is 21.6. The molecule has 0 spiro atoms. The Kier molecular flexibility index (Phi) is 4.28. The summed E-state index contributed by atoms with van der Waals surface area (Å²) in [6, 6.07) is 5.77. The molecule has 4 rings (SSSR count). The number of nitrogens with two attached hydrogens (primary N) is 1. The van der Waals surface area contributed by atoms with Crippen molar-refractivity contribution in [3.63, 3.8) is 0 Å². The second-order valence-corrected chi connectivity index (χ2v) is 7.53. The van der Waals surface area contributed by atoms with Gasteiger partial charge in [0.05, 0.1) is 11.3 Å². The number of alkyl halides is 2. The smallest absolute Gasteiger partial charge is 0.282 e. The molecule has 26 heavy (non-hydrogen) atoms. The van der Waals surface area contributed by atoms with Crippen molar-refractivity contribution in [1.82, 2.24) is 9.78 Å². The monoisotopic (exact) mass is 396 g/mol. The molecule has 0 radical (unpaired) electrons. The summed E-state index contributed by atoms with van der Waals surface area (Å²) in [6.07, 6.45) is 0.673. The SMILES string of the molecule is Cn1cc(C(N)=Nc2cccc3c2[C@H]2CC[C@@H]3C2=C(Cl)Cl)c(C(F)F)n1. The van der Waals surface area contributed by atoms with E-state index in [4.69, 9.17) is 28.9 Å². The minimum Gasteiger partial charge on any atom is -0.383 e. The molecule has 0 aliphatic heterocycles. The number of aromatic nitrogens is 2. The number of halogens is 4. The number of allylic oxidation sites excluding steroid dienone is 1. The molecule has 8 heteroatoms. The summed E-state index contributed by atoms with van der Waals surface area (Å²) >= 11 is 12.2. The Bertz CT molecular complexity index is 945. The van der Waals surface area contributed by atoms with Gasteiger partial charge in [0, 0.05) is 25.1 Å². The first-order valence-electron chi connectivity index (χ1n) is 8.22. The van der Waals surface area contributed by atoms with E-state index in [9.17, 15) is 8.78 Å². The fourth-order valence-corrected chi connectivity index (χ4v) is 4.71. The van der Waals surface area contributed by atoms with Gasteiger partial charge >= 0.3 is 0 Å². The van der Waals surface area contributed by atoms with E-state index in [0.717, 1.165) is 29.5 Å². The summed E-state index contributed by atoms with van der Waals surface area (Å²) in [6.45, 7) is 0. The second kappa shape index (κ2) is 6.35. The quantitative estimate of drug-likeness (QED) is 0.582. The highest BCUT2D eigenvalue weighted by Gasteiger charge is 2.44. The van der Waals surface area contributed by atoms with Gasteiger partial charge in [0.1, 0.15) is 16.0 Å². The average molecular weight is 397 g/mol. The lowest BCUT2D eigenvalue weighted by Gasteiger charge is -2.16. The molecule has 2 aliphatic carbocycles. The Morgan fingerprint density at radius 2 is 2.04 bits per heavy atom. The number of benzene rings is 1. The molecule has 1 aromatic carbocycles. The van der Waals surface area contributed by atoms with Crippen LogP contribution in [0.4, 0.5) is 14.5 Å². The lowest BCUT2D eigenvalue weighted by atomic mass is 9.90. The highest BCUT2D eigenvalue weighted by atomic mass is 35.5. The van der Waals surface area contributed by atoms with Crippen molar-refractivity contribution in [3.05, 3.63) is 56.8 Å². The Hall–Kier alpha value is -1.92. The van der Waals surface area contributed by atoms with E-state index in [1.54, 1.807) is 7.05 Å². The third-order valence-corrected chi connectivity index (χ3v) is 5.57. The molecule has 2 bridgehead atoms. The molecular weight excluding hydrogens is 381 g/mol. The van der Waals surface area contributed by atoms with E-state index >= 15 is 0 Å². The first-order chi connectivity index (χ1) is 12.4. The van der Waals surface area contributed by atoms with E-state index < -0.39 is 6.43 Å². The molecule has 1 heterocycles. The first-order valence-corrected chi connectivity index (χ1v) is 8.98. The minimum atomic E-state index is -2.72. The minimum absolute atomic E-state index is 0.0204. The molecule has 0 amide bonds. The van der Waals surface area contributed by atoms with Crippen LogP contribution in [0, 0.1) is 0 Å². The number of aryl methyl sites for hydroxylation is 1. The molecule has 1 saturated carbocycles. The number of hydrogen-bond acceptors (Lipinski definition) is 2. The molecule has 136 valence electrons. The third kappa shape index (κ3) is 2.63. The van der Waals surface area contributed by atoms with Crippen molar-refractivity contribution in [2.45, 2.75) is 31.1 Å². The van der Waals surface area contributed by atoms with Crippen molar-refractivity contribution < 1.29 is 8.78 Å². The fourth-order valence-electron chi connectivity index (χ4n) is 4.18. The Morgan fingerprint density at radius 1 is 1.31 bits per heavy atom. The topological polar surface area (TPSA) is 56.2 Å². The fraction of sp³-hybridized carbons (Fsp3) is 0.333. The molecule has 0 unspecified atom stereocenters. The maximum absolute atomic E-state index is 13.2. The number of fused-ring (bicyclic) bond motifs is 5. The summed E-state index contributed by atoms with van der Waals surface area (Å²) in [7, 11) is 1.57. The zero-order chi connectivity index (χ0) is 18.6. The van der Waals surface area contributed by atoms with Gasteiger partial charge < -0.3 is 5.73 Å². The van der Waals surface area contributed by atoms with Gasteiger partial charge in [-0.3, -0.25) is 4.68 Å². The lowest BCUT2D eigenvalue weighted by molar-refractivity contribution is 0.145. The summed E-state index contributed by atoms with van der Waals surface area (Å²) in [4.78, 5) is 4.47. The van der Waals surface area contributed by atoms with Crippen molar-refractivity contribution in [2.75, 3.05) is 0 Å². The second-order valence-electron chi connectivity index (χ2n) is 6.58. The van der Waals surface area contributed by atoms with Gasteiger partial charge in [0.15, 0.2) is 0 Å².